The lowest BCUT2D eigenvalue weighted by molar-refractivity contribution is 0.0812. The van der Waals surface area contributed by atoms with Crippen LogP contribution in [0.1, 0.15) is 24.0 Å². The fraction of sp³-hybridized carbons (Fsp3) is 0.368. The summed E-state index contributed by atoms with van der Waals surface area (Å²) in [6.45, 7) is 2.11. The van der Waals surface area contributed by atoms with Crippen LogP contribution in [-0.2, 0) is 13.0 Å². The predicted molar refractivity (Wildman–Crippen MR) is 104 cm³/mol. The number of hydrogen-bond donors (Lipinski definition) is 3. The molecule has 1 aromatic carbocycles. The van der Waals surface area contributed by atoms with Gasteiger partial charge in [0.2, 0.25) is 0 Å². The molecule has 0 spiro atoms. The standard InChI is InChI=1S/C19H25N7O/c20-11-15-5-2-1-4-14(15)10-17-7-9-25-13-18(22-19(27)26(25)23-17)24-8-3-6-16(21)12-24/h1-2,4-5,7,9,13,16H,3,6,8,10-12,20-21H2,(H,22,27). The number of hydrazone groups is 1. The lowest BCUT2D eigenvalue weighted by Crippen LogP contribution is -2.54. The van der Waals surface area contributed by atoms with E-state index in [1.54, 1.807) is 5.01 Å². The zero-order valence-electron chi connectivity index (χ0n) is 15.2. The molecule has 3 aliphatic rings. The second-order valence-electron chi connectivity index (χ2n) is 7.02. The van der Waals surface area contributed by atoms with E-state index in [0.29, 0.717) is 13.0 Å². The van der Waals surface area contributed by atoms with E-state index >= 15 is 0 Å². The number of benzene rings is 1. The Labute approximate surface area is 158 Å². The first-order valence-electron chi connectivity index (χ1n) is 9.28. The fourth-order valence-corrected chi connectivity index (χ4v) is 3.61. The summed E-state index contributed by atoms with van der Waals surface area (Å²) in [5.74, 6) is 0.767. The molecule has 0 aliphatic carbocycles. The number of fused-ring (bicyclic) bond motifs is 1. The number of hydrazine groups is 1. The average Bonchev–Trinajstić information content (AvgIpc) is 2.69. The van der Waals surface area contributed by atoms with Crippen molar-refractivity contribution in [2.24, 2.45) is 16.6 Å². The summed E-state index contributed by atoms with van der Waals surface area (Å²) in [5.41, 5.74) is 14.9. The zero-order chi connectivity index (χ0) is 18.8. The van der Waals surface area contributed by atoms with Crippen molar-refractivity contribution in [3.05, 3.63) is 59.7 Å². The summed E-state index contributed by atoms with van der Waals surface area (Å²) in [6.07, 6.45) is 8.33. The van der Waals surface area contributed by atoms with Crippen LogP contribution in [-0.4, -0.2) is 45.9 Å². The molecule has 1 saturated heterocycles. The van der Waals surface area contributed by atoms with Crippen LogP contribution in [0.15, 0.2) is 53.7 Å². The normalized spacial score (nSPS) is 22.2. The zero-order valence-corrected chi connectivity index (χ0v) is 15.2. The van der Waals surface area contributed by atoms with Crippen molar-refractivity contribution in [2.75, 3.05) is 13.1 Å². The highest BCUT2D eigenvalue weighted by Gasteiger charge is 2.30. The van der Waals surface area contributed by atoms with Crippen molar-refractivity contribution in [1.82, 2.24) is 20.3 Å². The van der Waals surface area contributed by atoms with Gasteiger partial charge in [0, 0.05) is 38.3 Å². The Bertz CT molecular complexity index is 816. The monoisotopic (exact) mass is 367 g/mol. The third-order valence-corrected chi connectivity index (χ3v) is 5.04. The van der Waals surface area contributed by atoms with Gasteiger partial charge in [-0.25, -0.2) is 9.80 Å². The van der Waals surface area contributed by atoms with E-state index in [1.165, 1.54) is 5.12 Å². The largest absolute Gasteiger partial charge is 0.363 e. The highest BCUT2D eigenvalue weighted by atomic mass is 16.2. The van der Waals surface area contributed by atoms with Gasteiger partial charge in [-0.15, -0.1) is 5.12 Å². The van der Waals surface area contributed by atoms with E-state index in [4.69, 9.17) is 11.5 Å². The number of carbonyl (C=O) groups excluding carboxylic acids is 1. The Morgan fingerprint density at radius 3 is 2.85 bits per heavy atom. The number of nitrogens with zero attached hydrogens (tertiary/aromatic N) is 4. The van der Waals surface area contributed by atoms with Gasteiger partial charge in [0.05, 0.1) is 11.9 Å². The van der Waals surface area contributed by atoms with Gasteiger partial charge in [-0.2, -0.15) is 5.10 Å². The number of nitrogens with two attached hydrogens (primary N) is 2. The minimum Gasteiger partial charge on any atom is -0.355 e. The number of likely N-dealkylation sites (tertiary alicyclic amines) is 1. The molecular formula is C19H25N7O. The lowest BCUT2D eigenvalue weighted by atomic mass is 10.0. The third-order valence-electron chi connectivity index (χ3n) is 5.04. The van der Waals surface area contributed by atoms with Crippen LogP contribution >= 0.6 is 0 Å². The first-order chi connectivity index (χ1) is 13.1. The smallest absolute Gasteiger partial charge is 0.355 e. The van der Waals surface area contributed by atoms with Crippen molar-refractivity contribution < 1.29 is 4.79 Å². The van der Waals surface area contributed by atoms with Crippen molar-refractivity contribution in [1.29, 1.82) is 0 Å². The molecule has 0 bridgehead atoms. The van der Waals surface area contributed by atoms with Crippen molar-refractivity contribution in [2.45, 2.75) is 31.8 Å². The highest BCUT2D eigenvalue weighted by Crippen LogP contribution is 2.21. The van der Waals surface area contributed by atoms with Gasteiger partial charge in [-0.3, -0.25) is 5.32 Å². The molecule has 3 aliphatic heterocycles. The third kappa shape index (κ3) is 3.67. The quantitative estimate of drug-likeness (QED) is 0.738. The van der Waals surface area contributed by atoms with Crippen LogP contribution in [0.2, 0.25) is 0 Å². The molecule has 2 amide bonds. The van der Waals surface area contributed by atoms with Gasteiger partial charge >= 0.3 is 6.03 Å². The Morgan fingerprint density at radius 1 is 1.26 bits per heavy atom. The maximum absolute atomic E-state index is 12.6. The average molecular weight is 367 g/mol. The van der Waals surface area contributed by atoms with E-state index < -0.39 is 0 Å². The topological polar surface area (TPSA) is 103 Å². The van der Waals surface area contributed by atoms with E-state index in [9.17, 15) is 4.79 Å². The van der Waals surface area contributed by atoms with Gasteiger partial charge in [-0.05, 0) is 30.0 Å². The van der Waals surface area contributed by atoms with Crippen molar-refractivity contribution in [3.8, 4) is 0 Å². The summed E-state index contributed by atoms with van der Waals surface area (Å²) in [6, 6.07) is 7.88. The number of hydrogen-bond acceptors (Lipinski definition) is 6. The maximum atomic E-state index is 12.6. The van der Waals surface area contributed by atoms with Gasteiger partial charge in [0.15, 0.2) is 0 Å². The van der Waals surface area contributed by atoms with Crippen LogP contribution < -0.4 is 16.8 Å². The highest BCUT2D eigenvalue weighted by molar-refractivity contribution is 5.98. The molecule has 142 valence electrons. The molecule has 5 N–H and O–H groups in total. The van der Waals surface area contributed by atoms with Crippen molar-refractivity contribution >= 4 is 11.7 Å². The Hall–Kier alpha value is -2.84. The fourth-order valence-electron chi connectivity index (χ4n) is 3.61. The first-order valence-corrected chi connectivity index (χ1v) is 9.28. The Morgan fingerprint density at radius 2 is 2.07 bits per heavy atom. The number of allylic oxidation sites excluding steroid dienone is 1. The summed E-state index contributed by atoms with van der Waals surface area (Å²) in [5, 5.41) is 10.5. The molecule has 1 unspecified atom stereocenters. The summed E-state index contributed by atoms with van der Waals surface area (Å²) < 4.78 is 0. The lowest BCUT2D eigenvalue weighted by Gasteiger charge is -2.40. The second-order valence-corrected chi connectivity index (χ2v) is 7.02. The van der Waals surface area contributed by atoms with Crippen LogP contribution in [0.5, 0.6) is 0 Å². The van der Waals surface area contributed by atoms with Crippen LogP contribution in [0.3, 0.4) is 0 Å². The number of piperidine rings is 1. The molecule has 0 radical (unpaired) electrons. The summed E-state index contributed by atoms with van der Waals surface area (Å²) in [7, 11) is 0. The molecule has 3 heterocycles. The molecule has 4 rings (SSSR count). The number of rotatable bonds is 4. The van der Waals surface area contributed by atoms with Crippen LogP contribution in [0.25, 0.3) is 0 Å². The first kappa shape index (κ1) is 17.6. The van der Waals surface area contributed by atoms with E-state index in [1.807, 2.05) is 42.7 Å². The maximum Gasteiger partial charge on any atom is 0.363 e. The minimum absolute atomic E-state index is 0.138. The Balaban J connectivity index is 1.51. The van der Waals surface area contributed by atoms with Gasteiger partial charge < -0.3 is 16.4 Å². The molecule has 0 saturated carbocycles. The molecular weight excluding hydrogens is 342 g/mol. The number of carbonyl (C=O) groups is 1. The second kappa shape index (κ2) is 7.42. The van der Waals surface area contributed by atoms with Crippen LogP contribution in [0, 0.1) is 0 Å². The van der Waals surface area contributed by atoms with E-state index in [0.717, 1.165) is 48.6 Å². The number of amides is 2. The van der Waals surface area contributed by atoms with Gasteiger partial charge in [0.25, 0.3) is 0 Å². The predicted octanol–water partition coefficient (Wildman–Crippen LogP) is 1.04. The molecule has 27 heavy (non-hydrogen) atoms. The van der Waals surface area contributed by atoms with Crippen LogP contribution in [0.4, 0.5) is 4.79 Å². The SMILES string of the molecule is NCc1ccccc1CC1=NN2C(=O)NC(N3CCCC(N)C3)=CN2C=C1. The van der Waals surface area contributed by atoms with E-state index in [2.05, 4.69) is 15.3 Å². The molecule has 1 atom stereocenters. The Kier molecular flexibility index (Phi) is 4.83. The number of nitrogens with one attached hydrogen (secondary N) is 1. The summed E-state index contributed by atoms with van der Waals surface area (Å²) in [4.78, 5) is 14.7. The number of urea groups is 1. The van der Waals surface area contributed by atoms with Gasteiger partial charge in [0.1, 0.15) is 5.82 Å². The van der Waals surface area contributed by atoms with Crippen molar-refractivity contribution in [3.63, 3.8) is 0 Å². The van der Waals surface area contributed by atoms with Gasteiger partial charge in [-0.1, -0.05) is 24.3 Å². The molecule has 8 heteroatoms. The molecule has 1 fully saturated rings. The van der Waals surface area contributed by atoms with E-state index in [-0.39, 0.29) is 12.1 Å². The molecule has 8 nitrogen and oxygen atoms in total. The molecule has 0 aromatic heterocycles. The summed E-state index contributed by atoms with van der Waals surface area (Å²) >= 11 is 0. The molecule has 1 aromatic rings. The minimum atomic E-state index is -0.277.